The molecule has 0 bridgehead atoms. The van der Waals surface area contributed by atoms with Gasteiger partial charge in [-0.2, -0.15) is 0 Å². The van der Waals surface area contributed by atoms with Gasteiger partial charge in [-0.3, -0.25) is 9.59 Å². The van der Waals surface area contributed by atoms with E-state index in [0.717, 1.165) is 89.9 Å². The number of ether oxygens (including phenoxy) is 3. The number of amides is 1. The number of nitrogens with one attached hydrogen (secondary N) is 1. The van der Waals surface area contributed by atoms with E-state index in [-0.39, 0.29) is 19.4 Å². The first kappa shape index (κ1) is 57.9. The van der Waals surface area contributed by atoms with E-state index in [4.69, 9.17) is 14.2 Å². The van der Waals surface area contributed by atoms with Gasteiger partial charge in [-0.25, -0.2) is 0 Å². The van der Waals surface area contributed by atoms with E-state index >= 15 is 0 Å². The zero-order chi connectivity index (χ0) is 45.5. The molecule has 0 spiro atoms. The lowest BCUT2D eigenvalue weighted by Gasteiger charge is -2.41. The van der Waals surface area contributed by atoms with Gasteiger partial charge in [0.25, 0.3) is 0 Å². The third-order valence-electron chi connectivity index (χ3n) is 11.8. The predicted molar refractivity (Wildman–Crippen MR) is 250 cm³/mol. The predicted octanol–water partition coefficient (Wildman–Crippen LogP) is 9.99. The summed E-state index contributed by atoms with van der Waals surface area (Å²) in [6.07, 6.45) is 33.5. The molecule has 1 heterocycles. The van der Waals surface area contributed by atoms with Crippen molar-refractivity contribution >= 4 is 11.9 Å². The maximum absolute atomic E-state index is 13.3. The standard InChI is InChI=1S/C51H93NO10/c1-4-7-10-13-16-19-22-24-26-28-31-34-37-43(54)42(52-50(59)44(55)38-35-32-29-25-21-18-15-12-9-6-3)41-60-51-49(48(58)47(57)45(40-53)61-51)62-46(56)39-36-33-30-27-23-20-17-14-11-8-5-2/h14-15,17-18,34,37,42-45,47-49,51,53-55,57-58H,4-13,16,19-33,35-36,38-41H2,1-3H3,(H,52,59)/b17-14-,18-15-,37-34+. The lowest BCUT2D eigenvalue weighted by atomic mass is 9.99. The van der Waals surface area contributed by atoms with E-state index in [2.05, 4.69) is 50.4 Å². The van der Waals surface area contributed by atoms with Crippen LogP contribution in [0.25, 0.3) is 0 Å². The molecule has 0 saturated carbocycles. The third-order valence-corrected chi connectivity index (χ3v) is 11.8. The van der Waals surface area contributed by atoms with E-state index < -0.39 is 67.4 Å². The number of aliphatic hydroxyl groups excluding tert-OH is 5. The molecular formula is C51H93NO10. The van der Waals surface area contributed by atoms with Crippen molar-refractivity contribution in [2.24, 2.45) is 0 Å². The van der Waals surface area contributed by atoms with Crippen LogP contribution in [-0.4, -0.2) is 99.6 Å². The lowest BCUT2D eigenvalue weighted by molar-refractivity contribution is -0.305. The first-order valence-corrected chi connectivity index (χ1v) is 25.3. The molecule has 1 rings (SSSR count). The molecule has 62 heavy (non-hydrogen) atoms. The van der Waals surface area contributed by atoms with Crippen LogP contribution in [0.15, 0.2) is 36.5 Å². The second-order valence-electron chi connectivity index (χ2n) is 17.5. The van der Waals surface area contributed by atoms with Gasteiger partial charge in [0.05, 0.1) is 25.4 Å². The Morgan fingerprint density at radius 1 is 0.613 bits per heavy atom. The number of hydrogen-bond acceptors (Lipinski definition) is 10. The SMILES string of the molecule is CCCC/C=C\CCCCCCCC(=O)OC1C(OCC(NC(=O)C(O)CCCCCC/C=C\CCCC)C(O)/C=C/CCCCCCCCCCCC)OC(CO)C(O)C1O. The normalized spacial score (nSPS) is 20.9. The molecule has 0 aromatic heterocycles. The smallest absolute Gasteiger partial charge is 0.306 e. The Morgan fingerprint density at radius 3 is 1.61 bits per heavy atom. The molecule has 8 unspecified atom stereocenters. The van der Waals surface area contributed by atoms with Crippen molar-refractivity contribution in [2.45, 2.75) is 262 Å². The van der Waals surface area contributed by atoms with Gasteiger partial charge in [0.2, 0.25) is 5.91 Å². The van der Waals surface area contributed by atoms with Gasteiger partial charge in [0.15, 0.2) is 12.4 Å². The van der Waals surface area contributed by atoms with Crippen molar-refractivity contribution in [1.29, 1.82) is 0 Å². The van der Waals surface area contributed by atoms with Crippen molar-refractivity contribution in [2.75, 3.05) is 13.2 Å². The average molecular weight is 880 g/mol. The van der Waals surface area contributed by atoms with Gasteiger partial charge < -0.3 is 45.1 Å². The van der Waals surface area contributed by atoms with Crippen molar-refractivity contribution in [3.8, 4) is 0 Å². The number of hydrogen-bond donors (Lipinski definition) is 6. The number of allylic oxidation sites excluding steroid dienone is 5. The average Bonchev–Trinajstić information content (AvgIpc) is 3.27. The number of carbonyl (C=O) groups excluding carboxylic acids is 2. The molecule has 1 aliphatic heterocycles. The van der Waals surface area contributed by atoms with Crippen LogP contribution < -0.4 is 5.32 Å². The Balaban J connectivity index is 2.82. The Hall–Kier alpha value is -2.12. The summed E-state index contributed by atoms with van der Waals surface area (Å²) in [5, 5.41) is 56.4. The second-order valence-corrected chi connectivity index (χ2v) is 17.5. The summed E-state index contributed by atoms with van der Waals surface area (Å²) < 4.78 is 17.4. The van der Waals surface area contributed by atoms with Crippen LogP contribution in [0.5, 0.6) is 0 Å². The summed E-state index contributed by atoms with van der Waals surface area (Å²) in [7, 11) is 0. The highest BCUT2D eigenvalue weighted by molar-refractivity contribution is 5.80. The van der Waals surface area contributed by atoms with E-state index in [1.807, 2.05) is 6.08 Å². The number of aliphatic hydroxyl groups is 5. The molecule has 362 valence electrons. The van der Waals surface area contributed by atoms with Crippen molar-refractivity contribution in [3.63, 3.8) is 0 Å². The highest BCUT2D eigenvalue weighted by Gasteiger charge is 2.47. The van der Waals surface area contributed by atoms with Crippen LogP contribution in [0.3, 0.4) is 0 Å². The molecular weight excluding hydrogens is 787 g/mol. The molecule has 0 aliphatic carbocycles. The molecule has 0 aromatic rings. The first-order chi connectivity index (χ1) is 30.2. The topological polar surface area (TPSA) is 175 Å². The summed E-state index contributed by atoms with van der Waals surface area (Å²) >= 11 is 0. The summed E-state index contributed by atoms with van der Waals surface area (Å²) in [5.74, 6) is -1.22. The highest BCUT2D eigenvalue weighted by atomic mass is 16.7. The van der Waals surface area contributed by atoms with Crippen LogP contribution in [0.4, 0.5) is 0 Å². The second kappa shape index (κ2) is 40.4. The number of carbonyl (C=O) groups is 2. The highest BCUT2D eigenvalue weighted by Crippen LogP contribution is 2.26. The lowest BCUT2D eigenvalue weighted by Crippen LogP contribution is -2.61. The van der Waals surface area contributed by atoms with Gasteiger partial charge in [-0.15, -0.1) is 0 Å². The zero-order valence-corrected chi connectivity index (χ0v) is 39.5. The maximum atomic E-state index is 13.3. The van der Waals surface area contributed by atoms with Crippen LogP contribution in [0.1, 0.15) is 213 Å². The fraction of sp³-hybridized carbons (Fsp3) is 0.843. The Labute approximate surface area is 377 Å². The third kappa shape index (κ3) is 29.3. The Morgan fingerprint density at radius 2 is 1.08 bits per heavy atom. The molecule has 11 nitrogen and oxygen atoms in total. The fourth-order valence-electron chi connectivity index (χ4n) is 7.61. The van der Waals surface area contributed by atoms with E-state index in [1.165, 1.54) is 77.0 Å². The minimum Gasteiger partial charge on any atom is -0.454 e. The molecule has 1 saturated heterocycles. The summed E-state index contributed by atoms with van der Waals surface area (Å²) in [6.45, 7) is 5.65. The van der Waals surface area contributed by atoms with E-state index in [0.29, 0.717) is 12.8 Å². The maximum Gasteiger partial charge on any atom is 0.306 e. The molecule has 1 fully saturated rings. The quantitative estimate of drug-likeness (QED) is 0.0197. The van der Waals surface area contributed by atoms with Gasteiger partial charge in [0, 0.05) is 6.42 Å². The molecule has 8 atom stereocenters. The number of unbranched alkanes of at least 4 members (excludes halogenated alkanes) is 23. The van der Waals surface area contributed by atoms with Crippen LogP contribution in [0.2, 0.25) is 0 Å². The van der Waals surface area contributed by atoms with Crippen molar-refractivity contribution in [3.05, 3.63) is 36.5 Å². The van der Waals surface area contributed by atoms with Crippen LogP contribution in [-0.2, 0) is 23.8 Å². The molecule has 0 aromatic carbocycles. The molecule has 11 heteroatoms. The van der Waals surface area contributed by atoms with Gasteiger partial charge in [0.1, 0.15) is 24.4 Å². The minimum atomic E-state index is -1.61. The Bertz CT molecular complexity index is 1150. The Kier molecular flexibility index (Phi) is 37.7. The summed E-state index contributed by atoms with van der Waals surface area (Å²) in [4.78, 5) is 26.2. The van der Waals surface area contributed by atoms with Crippen molar-refractivity contribution in [1.82, 2.24) is 5.32 Å². The largest absolute Gasteiger partial charge is 0.454 e. The van der Waals surface area contributed by atoms with Gasteiger partial charge >= 0.3 is 5.97 Å². The zero-order valence-electron chi connectivity index (χ0n) is 39.5. The molecule has 1 amide bonds. The van der Waals surface area contributed by atoms with E-state index in [1.54, 1.807) is 6.08 Å². The number of rotatable bonds is 41. The first-order valence-electron chi connectivity index (χ1n) is 25.3. The van der Waals surface area contributed by atoms with E-state index in [9.17, 15) is 35.1 Å². The summed E-state index contributed by atoms with van der Waals surface area (Å²) in [5.41, 5.74) is 0. The summed E-state index contributed by atoms with van der Waals surface area (Å²) in [6, 6.07) is -1.02. The van der Waals surface area contributed by atoms with Crippen LogP contribution in [0, 0.1) is 0 Å². The fourth-order valence-corrected chi connectivity index (χ4v) is 7.61. The van der Waals surface area contributed by atoms with Gasteiger partial charge in [-0.1, -0.05) is 179 Å². The van der Waals surface area contributed by atoms with Gasteiger partial charge in [-0.05, 0) is 64.2 Å². The van der Waals surface area contributed by atoms with Crippen molar-refractivity contribution < 1.29 is 49.3 Å². The minimum absolute atomic E-state index is 0.113. The molecule has 1 aliphatic rings. The molecule has 6 N–H and O–H groups in total. The monoisotopic (exact) mass is 880 g/mol. The molecule has 0 radical (unpaired) electrons. The number of esters is 1. The van der Waals surface area contributed by atoms with Crippen LogP contribution >= 0.6 is 0 Å².